The molecule has 0 spiro atoms. The molecule has 1 rings (SSSR count). The zero-order valence-electron chi connectivity index (χ0n) is 12.7. The van der Waals surface area contributed by atoms with Crippen LogP contribution in [0.1, 0.15) is 17.3 Å². The first-order valence-electron chi connectivity index (χ1n) is 6.84. The van der Waals surface area contributed by atoms with E-state index in [4.69, 9.17) is 0 Å². The van der Waals surface area contributed by atoms with E-state index in [2.05, 4.69) is 21.2 Å². The van der Waals surface area contributed by atoms with Crippen molar-refractivity contribution in [3.05, 3.63) is 34.3 Å². The molecule has 6 heteroatoms. The average molecular weight is 356 g/mol. The Labute approximate surface area is 134 Å². The standard InChI is InChI=1S/C15H22BrN3O2/c1-12(20)19(11-10-18(2)3)9-8-17-15(21)13-6-4-5-7-14(13)16/h4-7H,8-11H2,1-3H3,(H,17,21). The minimum absolute atomic E-state index is 0.0204. The van der Waals surface area contributed by atoms with E-state index in [1.165, 1.54) is 0 Å². The second-order valence-electron chi connectivity index (χ2n) is 5.05. The zero-order chi connectivity index (χ0) is 15.8. The molecule has 0 unspecified atom stereocenters. The van der Waals surface area contributed by atoms with E-state index in [1.807, 2.05) is 37.2 Å². The fraction of sp³-hybridized carbons (Fsp3) is 0.467. The zero-order valence-corrected chi connectivity index (χ0v) is 14.3. The molecule has 1 aromatic rings. The molecule has 0 aliphatic rings. The predicted molar refractivity (Wildman–Crippen MR) is 87.3 cm³/mol. The van der Waals surface area contributed by atoms with Crippen molar-refractivity contribution in [1.82, 2.24) is 15.1 Å². The van der Waals surface area contributed by atoms with Gasteiger partial charge in [0.05, 0.1) is 5.56 Å². The molecule has 0 aliphatic carbocycles. The summed E-state index contributed by atoms with van der Waals surface area (Å²) in [5.74, 6) is -0.120. The number of carbonyl (C=O) groups excluding carboxylic acids is 2. The summed E-state index contributed by atoms with van der Waals surface area (Å²) in [4.78, 5) is 27.3. The number of amides is 2. The Morgan fingerprint density at radius 2 is 1.81 bits per heavy atom. The molecule has 2 amide bonds. The number of rotatable bonds is 7. The van der Waals surface area contributed by atoms with Crippen LogP contribution in [0.3, 0.4) is 0 Å². The van der Waals surface area contributed by atoms with E-state index in [0.717, 1.165) is 11.0 Å². The average Bonchev–Trinajstić information content (AvgIpc) is 2.42. The minimum Gasteiger partial charge on any atom is -0.350 e. The van der Waals surface area contributed by atoms with Gasteiger partial charge >= 0.3 is 0 Å². The molecule has 0 fully saturated rings. The second-order valence-corrected chi connectivity index (χ2v) is 5.90. The highest BCUT2D eigenvalue weighted by Gasteiger charge is 2.11. The van der Waals surface area contributed by atoms with Gasteiger partial charge in [-0.05, 0) is 42.2 Å². The summed E-state index contributed by atoms with van der Waals surface area (Å²) in [5, 5.41) is 2.84. The first-order valence-corrected chi connectivity index (χ1v) is 7.64. The molecule has 5 nitrogen and oxygen atoms in total. The number of nitrogens with zero attached hydrogens (tertiary/aromatic N) is 2. The van der Waals surface area contributed by atoms with Crippen LogP contribution in [0.15, 0.2) is 28.7 Å². The highest BCUT2D eigenvalue weighted by atomic mass is 79.9. The molecule has 0 aromatic heterocycles. The van der Waals surface area contributed by atoms with E-state index in [-0.39, 0.29) is 11.8 Å². The van der Waals surface area contributed by atoms with Gasteiger partial charge in [0.2, 0.25) is 5.91 Å². The van der Waals surface area contributed by atoms with Crippen LogP contribution in [-0.2, 0) is 4.79 Å². The van der Waals surface area contributed by atoms with Gasteiger partial charge in [-0.2, -0.15) is 0 Å². The maximum absolute atomic E-state index is 12.0. The van der Waals surface area contributed by atoms with E-state index in [0.29, 0.717) is 25.2 Å². The highest BCUT2D eigenvalue weighted by molar-refractivity contribution is 9.10. The van der Waals surface area contributed by atoms with Gasteiger partial charge in [-0.3, -0.25) is 9.59 Å². The predicted octanol–water partition coefficient (Wildman–Crippen LogP) is 1.59. The van der Waals surface area contributed by atoms with Crippen molar-refractivity contribution in [1.29, 1.82) is 0 Å². The van der Waals surface area contributed by atoms with Crippen molar-refractivity contribution in [2.75, 3.05) is 40.3 Å². The smallest absolute Gasteiger partial charge is 0.252 e. The third-order valence-electron chi connectivity index (χ3n) is 3.05. The van der Waals surface area contributed by atoms with Crippen LogP contribution in [0.5, 0.6) is 0 Å². The number of halogens is 1. The lowest BCUT2D eigenvalue weighted by molar-refractivity contribution is -0.128. The first kappa shape index (κ1) is 17.7. The van der Waals surface area contributed by atoms with Gasteiger partial charge in [0.25, 0.3) is 5.91 Å². The summed E-state index contributed by atoms with van der Waals surface area (Å²) in [6.07, 6.45) is 0. The summed E-state index contributed by atoms with van der Waals surface area (Å²) in [5.41, 5.74) is 0.597. The number of hydrogen-bond acceptors (Lipinski definition) is 3. The summed E-state index contributed by atoms with van der Waals surface area (Å²) in [7, 11) is 3.93. The molecule has 0 heterocycles. The topological polar surface area (TPSA) is 52.7 Å². The number of hydrogen-bond donors (Lipinski definition) is 1. The molecule has 0 bridgehead atoms. The third kappa shape index (κ3) is 6.27. The Kier molecular flexibility index (Phi) is 7.39. The van der Waals surface area contributed by atoms with Crippen molar-refractivity contribution in [3.63, 3.8) is 0 Å². The third-order valence-corrected chi connectivity index (χ3v) is 3.74. The SMILES string of the molecule is CC(=O)N(CCNC(=O)c1ccccc1Br)CCN(C)C. The number of carbonyl (C=O) groups is 2. The Bertz CT molecular complexity index is 492. The van der Waals surface area contributed by atoms with Crippen LogP contribution < -0.4 is 5.32 Å². The van der Waals surface area contributed by atoms with Crippen molar-refractivity contribution < 1.29 is 9.59 Å². The molecule has 0 atom stereocenters. The van der Waals surface area contributed by atoms with Crippen molar-refractivity contribution in [2.24, 2.45) is 0 Å². The largest absolute Gasteiger partial charge is 0.350 e. The van der Waals surface area contributed by atoms with Crippen LogP contribution in [0.25, 0.3) is 0 Å². The Hall–Kier alpha value is -1.40. The van der Waals surface area contributed by atoms with Crippen LogP contribution in [0, 0.1) is 0 Å². The van der Waals surface area contributed by atoms with Crippen molar-refractivity contribution >= 4 is 27.7 Å². The molecule has 0 aliphatic heterocycles. The monoisotopic (exact) mass is 355 g/mol. The normalized spacial score (nSPS) is 10.5. The lowest BCUT2D eigenvalue weighted by Gasteiger charge is -2.23. The molecule has 1 aromatic carbocycles. The van der Waals surface area contributed by atoms with Gasteiger partial charge in [-0.15, -0.1) is 0 Å². The van der Waals surface area contributed by atoms with Crippen LogP contribution >= 0.6 is 15.9 Å². The maximum Gasteiger partial charge on any atom is 0.252 e. The summed E-state index contributed by atoms with van der Waals surface area (Å²) < 4.78 is 0.763. The summed E-state index contributed by atoms with van der Waals surface area (Å²) in [6.45, 7) is 3.96. The molecule has 21 heavy (non-hydrogen) atoms. The first-order chi connectivity index (χ1) is 9.91. The van der Waals surface area contributed by atoms with Crippen LogP contribution in [-0.4, -0.2) is 61.9 Å². The molecular formula is C15H22BrN3O2. The lowest BCUT2D eigenvalue weighted by Crippen LogP contribution is -2.40. The Morgan fingerprint density at radius 1 is 1.14 bits per heavy atom. The molecule has 116 valence electrons. The van der Waals surface area contributed by atoms with Gasteiger partial charge in [-0.1, -0.05) is 12.1 Å². The molecule has 1 N–H and O–H groups in total. The maximum atomic E-state index is 12.0. The van der Waals surface area contributed by atoms with Gasteiger partial charge in [0, 0.05) is 37.6 Å². The van der Waals surface area contributed by atoms with Gasteiger partial charge < -0.3 is 15.1 Å². The lowest BCUT2D eigenvalue weighted by atomic mass is 10.2. The van der Waals surface area contributed by atoms with Crippen molar-refractivity contribution in [2.45, 2.75) is 6.92 Å². The Morgan fingerprint density at radius 3 is 2.38 bits per heavy atom. The van der Waals surface area contributed by atoms with Crippen LogP contribution in [0.4, 0.5) is 0 Å². The molecular weight excluding hydrogens is 334 g/mol. The fourth-order valence-corrected chi connectivity index (χ4v) is 2.26. The highest BCUT2D eigenvalue weighted by Crippen LogP contribution is 2.15. The van der Waals surface area contributed by atoms with E-state index >= 15 is 0 Å². The molecule has 0 saturated heterocycles. The van der Waals surface area contributed by atoms with E-state index < -0.39 is 0 Å². The number of likely N-dealkylation sites (N-methyl/N-ethyl adjacent to an activating group) is 1. The van der Waals surface area contributed by atoms with Gasteiger partial charge in [0.1, 0.15) is 0 Å². The molecule has 0 saturated carbocycles. The molecule has 0 radical (unpaired) electrons. The van der Waals surface area contributed by atoms with Gasteiger partial charge in [-0.25, -0.2) is 0 Å². The Balaban J connectivity index is 2.45. The van der Waals surface area contributed by atoms with E-state index in [1.54, 1.807) is 17.9 Å². The summed E-state index contributed by atoms with van der Waals surface area (Å²) >= 11 is 3.35. The number of benzene rings is 1. The number of nitrogens with one attached hydrogen (secondary N) is 1. The van der Waals surface area contributed by atoms with Gasteiger partial charge in [0.15, 0.2) is 0 Å². The minimum atomic E-state index is -0.140. The second kappa shape index (κ2) is 8.79. The van der Waals surface area contributed by atoms with Crippen molar-refractivity contribution in [3.8, 4) is 0 Å². The summed E-state index contributed by atoms with van der Waals surface area (Å²) in [6, 6.07) is 7.26. The fourth-order valence-electron chi connectivity index (χ4n) is 1.79. The quantitative estimate of drug-likeness (QED) is 0.807. The van der Waals surface area contributed by atoms with Crippen LogP contribution in [0.2, 0.25) is 0 Å². The van der Waals surface area contributed by atoms with E-state index in [9.17, 15) is 9.59 Å².